The van der Waals surface area contributed by atoms with Crippen LogP contribution in [0, 0.1) is 0 Å². The highest BCUT2D eigenvalue weighted by molar-refractivity contribution is 6.31. The van der Waals surface area contributed by atoms with E-state index in [0.29, 0.717) is 17.3 Å². The molecule has 16 heavy (non-hydrogen) atoms. The van der Waals surface area contributed by atoms with Crippen molar-refractivity contribution >= 4 is 17.3 Å². The van der Waals surface area contributed by atoms with Gasteiger partial charge in [-0.2, -0.15) is 0 Å². The molecule has 1 aromatic heterocycles. The second-order valence-electron chi connectivity index (χ2n) is 4.11. The minimum atomic E-state index is 0.377. The smallest absolute Gasteiger partial charge is 0.152 e. The van der Waals surface area contributed by atoms with E-state index in [2.05, 4.69) is 17.2 Å². The van der Waals surface area contributed by atoms with Crippen molar-refractivity contribution in [1.82, 2.24) is 4.98 Å². The van der Waals surface area contributed by atoms with E-state index >= 15 is 0 Å². The Labute approximate surface area is 101 Å². The third-order valence-electron chi connectivity index (χ3n) is 2.94. The highest BCUT2D eigenvalue weighted by Gasteiger charge is 2.21. The van der Waals surface area contributed by atoms with Gasteiger partial charge in [0.25, 0.3) is 0 Å². The third kappa shape index (κ3) is 2.86. The summed E-state index contributed by atoms with van der Waals surface area (Å²) in [5, 5.41) is 3.98. The van der Waals surface area contributed by atoms with E-state index in [1.165, 1.54) is 0 Å². The van der Waals surface area contributed by atoms with Gasteiger partial charge < -0.3 is 10.1 Å². The van der Waals surface area contributed by atoms with Crippen molar-refractivity contribution < 1.29 is 4.74 Å². The normalized spacial score (nSPS) is 25.4. The van der Waals surface area contributed by atoms with Crippen LogP contribution in [0.3, 0.4) is 0 Å². The predicted molar refractivity (Wildman–Crippen MR) is 65.9 cm³/mol. The Morgan fingerprint density at radius 1 is 1.62 bits per heavy atom. The summed E-state index contributed by atoms with van der Waals surface area (Å²) >= 11 is 6.01. The highest BCUT2D eigenvalue weighted by atomic mass is 35.5. The quantitative estimate of drug-likeness (QED) is 0.825. The van der Waals surface area contributed by atoms with Crippen LogP contribution in [0.15, 0.2) is 18.3 Å². The molecule has 0 amide bonds. The highest BCUT2D eigenvalue weighted by Crippen LogP contribution is 2.23. The van der Waals surface area contributed by atoms with E-state index in [9.17, 15) is 0 Å². The zero-order valence-electron chi connectivity index (χ0n) is 9.45. The number of hydrogen-bond donors (Lipinski definition) is 1. The number of hydrogen-bond acceptors (Lipinski definition) is 3. The molecule has 4 heteroatoms. The van der Waals surface area contributed by atoms with Crippen LogP contribution < -0.4 is 5.32 Å². The second-order valence-corrected chi connectivity index (χ2v) is 4.47. The standard InChI is InChI=1S/C12H17ClN2O/c1-2-10-8-9(5-7-16-10)15-11-4-3-6-14-12(11)13/h3-4,6,9-10,15H,2,5,7-8H2,1H3. The molecule has 3 nitrogen and oxygen atoms in total. The maximum absolute atomic E-state index is 6.01. The van der Waals surface area contributed by atoms with Crippen molar-refractivity contribution in [3.8, 4) is 0 Å². The van der Waals surface area contributed by atoms with Crippen molar-refractivity contribution in [2.75, 3.05) is 11.9 Å². The molecule has 2 rings (SSSR count). The SMILES string of the molecule is CCC1CC(Nc2cccnc2Cl)CCO1. The fraction of sp³-hybridized carbons (Fsp3) is 0.583. The molecule has 1 aliphatic rings. The summed E-state index contributed by atoms with van der Waals surface area (Å²) in [6, 6.07) is 4.30. The maximum Gasteiger partial charge on any atom is 0.152 e. The first kappa shape index (κ1) is 11.7. The van der Waals surface area contributed by atoms with Gasteiger partial charge in [0.15, 0.2) is 5.15 Å². The Kier molecular flexibility index (Phi) is 4.02. The van der Waals surface area contributed by atoms with Crippen molar-refractivity contribution in [2.24, 2.45) is 0 Å². The Balaban J connectivity index is 1.97. The number of rotatable bonds is 3. The predicted octanol–water partition coefficient (Wildman–Crippen LogP) is 3.10. The second kappa shape index (κ2) is 5.51. The summed E-state index contributed by atoms with van der Waals surface area (Å²) in [7, 11) is 0. The number of pyridine rings is 1. The Morgan fingerprint density at radius 3 is 3.25 bits per heavy atom. The lowest BCUT2D eigenvalue weighted by molar-refractivity contribution is 0.00925. The molecule has 2 unspecified atom stereocenters. The van der Waals surface area contributed by atoms with Gasteiger partial charge in [0, 0.05) is 18.8 Å². The van der Waals surface area contributed by atoms with Gasteiger partial charge in [0.1, 0.15) is 0 Å². The molecule has 2 heterocycles. The molecule has 1 saturated heterocycles. The van der Waals surface area contributed by atoms with Gasteiger partial charge in [0.2, 0.25) is 0 Å². The molecular formula is C12H17ClN2O. The molecular weight excluding hydrogens is 224 g/mol. The van der Waals surface area contributed by atoms with Crippen LogP contribution in [0.4, 0.5) is 5.69 Å². The first-order chi connectivity index (χ1) is 7.79. The van der Waals surface area contributed by atoms with Crippen molar-refractivity contribution in [1.29, 1.82) is 0 Å². The van der Waals surface area contributed by atoms with Crippen LogP contribution >= 0.6 is 11.6 Å². The van der Waals surface area contributed by atoms with Gasteiger partial charge in [-0.3, -0.25) is 0 Å². The molecule has 1 fully saturated rings. The van der Waals surface area contributed by atoms with Crippen LogP contribution in [0.1, 0.15) is 26.2 Å². The van der Waals surface area contributed by atoms with E-state index in [4.69, 9.17) is 16.3 Å². The summed E-state index contributed by atoms with van der Waals surface area (Å²) < 4.78 is 5.64. The first-order valence-corrected chi connectivity index (χ1v) is 6.16. The van der Waals surface area contributed by atoms with Gasteiger partial charge in [-0.05, 0) is 31.4 Å². The molecule has 88 valence electrons. The average Bonchev–Trinajstić information content (AvgIpc) is 2.32. The number of halogens is 1. The van der Waals surface area contributed by atoms with Crippen LogP contribution in [-0.4, -0.2) is 23.7 Å². The molecule has 0 aliphatic carbocycles. The van der Waals surface area contributed by atoms with Crippen LogP contribution in [-0.2, 0) is 4.74 Å². The van der Waals surface area contributed by atoms with Gasteiger partial charge in [-0.25, -0.2) is 4.98 Å². The van der Waals surface area contributed by atoms with Crippen molar-refractivity contribution in [3.05, 3.63) is 23.5 Å². The van der Waals surface area contributed by atoms with Crippen LogP contribution in [0.5, 0.6) is 0 Å². The maximum atomic E-state index is 6.01. The molecule has 0 saturated carbocycles. The Hall–Kier alpha value is -0.800. The summed E-state index contributed by atoms with van der Waals surface area (Å²) in [6.07, 6.45) is 5.22. The van der Waals surface area contributed by atoms with Gasteiger partial charge in [-0.1, -0.05) is 18.5 Å². The van der Waals surface area contributed by atoms with Crippen LogP contribution in [0.2, 0.25) is 5.15 Å². The van der Waals surface area contributed by atoms with E-state index < -0.39 is 0 Å². The molecule has 0 bridgehead atoms. The van der Waals surface area contributed by atoms with E-state index in [1.54, 1.807) is 6.20 Å². The first-order valence-electron chi connectivity index (χ1n) is 5.78. The topological polar surface area (TPSA) is 34.2 Å². The van der Waals surface area contributed by atoms with Crippen molar-refractivity contribution in [2.45, 2.75) is 38.3 Å². The van der Waals surface area contributed by atoms with Crippen molar-refractivity contribution in [3.63, 3.8) is 0 Å². The zero-order chi connectivity index (χ0) is 11.4. The summed E-state index contributed by atoms with van der Waals surface area (Å²) in [5.41, 5.74) is 0.922. The molecule has 2 atom stereocenters. The lowest BCUT2D eigenvalue weighted by Crippen LogP contribution is -2.33. The number of aromatic nitrogens is 1. The molecule has 1 N–H and O–H groups in total. The zero-order valence-corrected chi connectivity index (χ0v) is 10.2. The molecule has 0 radical (unpaired) electrons. The Morgan fingerprint density at radius 2 is 2.50 bits per heavy atom. The molecule has 1 aliphatic heterocycles. The molecule has 0 aromatic carbocycles. The van der Waals surface area contributed by atoms with E-state index in [-0.39, 0.29) is 0 Å². The largest absolute Gasteiger partial charge is 0.380 e. The average molecular weight is 241 g/mol. The Bertz CT molecular complexity index is 346. The summed E-state index contributed by atoms with van der Waals surface area (Å²) in [6.45, 7) is 2.98. The fourth-order valence-electron chi connectivity index (χ4n) is 2.01. The molecule has 0 spiro atoms. The monoisotopic (exact) mass is 240 g/mol. The number of ether oxygens (including phenoxy) is 1. The third-order valence-corrected chi connectivity index (χ3v) is 3.24. The number of anilines is 1. The number of nitrogens with zero attached hydrogens (tertiary/aromatic N) is 1. The van der Waals surface area contributed by atoms with Gasteiger partial charge in [-0.15, -0.1) is 0 Å². The summed E-state index contributed by atoms with van der Waals surface area (Å²) in [5.74, 6) is 0. The molecule has 1 aromatic rings. The fourth-order valence-corrected chi connectivity index (χ4v) is 2.18. The summed E-state index contributed by atoms with van der Waals surface area (Å²) in [4.78, 5) is 4.06. The lowest BCUT2D eigenvalue weighted by Gasteiger charge is -2.30. The van der Waals surface area contributed by atoms with Crippen LogP contribution in [0.25, 0.3) is 0 Å². The van der Waals surface area contributed by atoms with E-state index in [0.717, 1.165) is 31.6 Å². The van der Waals surface area contributed by atoms with Gasteiger partial charge in [0.05, 0.1) is 11.8 Å². The van der Waals surface area contributed by atoms with E-state index in [1.807, 2.05) is 12.1 Å². The number of nitrogens with one attached hydrogen (secondary N) is 1. The lowest BCUT2D eigenvalue weighted by atomic mass is 10.0. The minimum absolute atomic E-state index is 0.377. The van der Waals surface area contributed by atoms with Gasteiger partial charge >= 0.3 is 0 Å². The minimum Gasteiger partial charge on any atom is -0.380 e.